The summed E-state index contributed by atoms with van der Waals surface area (Å²) in [5.41, 5.74) is 1.48. The summed E-state index contributed by atoms with van der Waals surface area (Å²) in [6.45, 7) is 11.4. The van der Waals surface area contributed by atoms with Crippen molar-refractivity contribution in [2.75, 3.05) is 0 Å². The van der Waals surface area contributed by atoms with Crippen molar-refractivity contribution in [2.24, 2.45) is 0 Å². The molecule has 0 amide bonds. The summed E-state index contributed by atoms with van der Waals surface area (Å²) in [6.07, 6.45) is 7.35. The second-order valence-corrected chi connectivity index (χ2v) is 17.7. The van der Waals surface area contributed by atoms with Gasteiger partial charge in [-0.25, -0.2) is 0 Å². The monoisotopic (exact) mass is 330 g/mol. The van der Waals surface area contributed by atoms with Crippen LogP contribution in [0.1, 0.15) is 33.6 Å². The van der Waals surface area contributed by atoms with Crippen LogP contribution in [0.3, 0.4) is 0 Å². The Hall–Kier alpha value is 0.951. The summed E-state index contributed by atoms with van der Waals surface area (Å²) < 4.78 is 5.74. The molecule has 5 heteroatoms. The van der Waals surface area contributed by atoms with Gasteiger partial charge in [-0.2, -0.15) is 0 Å². The molecule has 0 aromatic carbocycles. The second-order valence-electron chi connectivity index (χ2n) is 4.84. The molecule has 0 radical (unpaired) electrons. The van der Waals surface area contributed by atoms with Crippen LogP contribution in [0.25, 0.3) is 0 Å². The van der Waals surface area contributed by atoms with Gasteiger partial charge in [0.05, 0.1) is 0 Å². The SMILES string of the molecule is CCC(C)[NH][Ti]([C]1=CC(C)=CC1)[SiH](C)C.Cl.Cl. The minimum Gasteiger partial charge on any atom is -0.147 e. The maximum atomic E-state index is 3.96. The first-order chi connectivity index (χ1) is 7.04. The van der Waals surface area contributed by atoms with Gasteiger partial charge in [0.2, 0.25) is 0 Å². The molecule has 1 aliphatic carbocycles. The molecule has 1 atom stereocenters. The zero-order valence-electron chi connectivity index (χ0n) is 11.5. The smallest absolute Gasteiger partial charge is 0.147 e. The van der Waals surface area contributed by atoms with Crippen molar-refractivity contribution in [2.45, 2.75) is 52.7 Å². The summed E-state index contributed by atoms with van der Waals surface area (Å²) in [5, 5.41) is 0. The third kappa shape index (κ3) is 6.61. The molecule has 0 bridgehead atoms. The molecule has 1 unspecified atom stereocenters. The Balaban J connectivity index is 0. The van der Waals surface area contributed by atoms with Gasteiger partial charge in [0, 0.05) is 0 Å². The van der Waals surface area contributed by atoms with E-state index in [1.165, 1.54) is 18.4 Å². The zero-order valence-corrected chi connectivity index (χ0v) is 15.9. The van der Waals surface area contributed by atoms with Crippen molar-refractivity contribution in [1.29, 1.82) is 0 Å². The Bertz CT molecular complexity index is 280. The summed E-state index contributed by atoms with van der Waals surface area (Å²) in [7, 11) is 0. The molecule has 0 aromatic heterocycles. The number of halogens is 2. The molecule has 1 N–H and O–H groups in total. The van der Waals surface area contributed by atoms with Crippen LogP contribution in [0.2, 0.25) is 13.1 Å². The van der Waals surface area contributed by atoms with E-state index in [9.17, 15) is 0 Å². The van der Waals surface area contributed by atoms with Gasteiger partial charge in [0.15, 0.2) is 0 Å². The number of allylic oxidation sites excluding steroid dienone is 4. The molecular weight excluding hydrogens is 305 g/mol. The van der Waals surface area contributed by atoms with E-state index in [-0.39, 0.29) is 24.8 Å². The number of rotatable bonds is 5. The van der Waals surface area contributed by atoms with Crippen molar-refractivity contribution in [3.05, 3.63) is 21.6 Å². The minimum absolute atomic E-state index is 0. The fourth-order valence-electron chi connectivity index (χ4n) is 1.85. The standard InChI is InChI=1S/C6H7.C4H10N.C2H7Si.2ClH.Ti/c1-6-4-2-3-5-6;1-3-4(2)5;1-3-2;;;/h4-5H,2H2,1H3;4-5H,3H2,1-2H3;3H,1-2H3;2*1H;/q;-1;;;;+1. The van der Waals surface area contributed by atoms with Gasteiger partial charge in [0.1, 0.15) is 0 Å². The Kier molecular flexibility index (Phi) is 11.7. The molecule has 0 heterocycles. The second kappa shape index (κ2) is 9.83. The van der Waals surface area contributed by atoms with Gasteiger partial charge in [-0.05, 0) is 0 Å². The first kappa shape index (κ1) is 20.3. The average Bonchev–Trinajstić information content (AvgIpc) is 2.60. The predicted molar refractivity (Wildman–Crippen MR) is 82.7 cm³/mol. The van der Waals surface area contributed by atoms with Crippen LogP contribution in [-0.2, 0) is 17.4 Å². The molecule has 1 rings (SSSR count). The van der Waals surface area contributed by atoms with E-state index in [1.54, 1.807) is 3.88 Å². The summed E-state index contributed by atoms with van der Waals surface area (Å²) in [6, 6.07) is 0.719. The molecule has 0 saturated heterocycles. The molecule has 101 valence electrons. The van der Waals surface area contributed by atoms with Crippen LogP contribution in [0.15, 0.2) is 21.6 Å². The Morgan fingerprint density at radius 2 is 2.00 bits per heavy atom. The molecule has 0 spiro atoms. The molecule has 0 aliphatic heterocycles. The van der Waals surface area contributed by atoms with E-state index in [0.29, 0.717) is 0 Å². The molecule has 17 heavy (non-hydrogen) atoms. The first-order valence-corrected chi connectivity index (χ1v) is 13.2. The molecule has 0 saturated carbocycles. The normalized spacial score (nSPS) is 15.6. The Morgan fingerprint density at radius 1 is 1.41 bits per heavy atom. The fraction of sp³-hybridized carbons (Fsp3) is 0.667. The molecule has 1 aliphatic rings. The largest absolute Gasteiger partial charge is 0.147 e. The van der Waals surface area contributed by atoms with Crippen molar-refractivity contribution in [1.82, 2.24) is 3.80 Å². The molecule has 0 fully saturated rings. The average molecular weight is 331 g/mol. The van der Waals surface area contributed by atoms with Gasteiger partial charge in [-0.1, -0.05) is 0 Å². The van der Waals surface area contributed by atoms with Crippen molar-refractivity contribution in [3.8, 4) is 0 Å². The van der Waals surface area contributed by atoms with Crippen LogP contribution in [0.4, 0.5) is 0 Å². The van der Waals surface area contributed by atoms with Gasteiger partial charge in [-0.3, -0.25) is 0 Å². The maximum absolute atomic E-state index is 3.96. The minimum atomic E-state index is -1.07. The van der Waals surface area contributed by atoms with Crippen molar-refractivity contribution in [3.63, 3.8) is 0 Å². The van der Waals surface area contributed by atoms with Crippen molar-refractivity contribution < 1.29 is 17.4 Å². The van der Waals surface area contributed by atoms with Gasteiger partial charge >= 0.3 is 102 Å². The van der Waals surface area contributed by atoms with E-state index in [2.05, 4.69) is 49.8 Å². The van der Waals surface area contributed by atoms with Crippen molar-refractivity contribution >= 4 is 31.5 Å². The summed E-state index contributed by atoms with van der Waals surface area (Å²) >= 11 is -1.07. The topological polar surface area (TPSA) is 12.0 Å². The number of nitrogens with one attached hydrogen (secondary N) is 1. The predicted octanol–water partition coefficient (Wildman–Crippen LogP) is 3.97. The fourth-order valence-corrected chi connectivity index (χ4v) is 12.5. The van der Waals surface area contributed by atoms with Crippen LogP contribution < -0.4 is 3.80 Å². The third-order valence-corrected chi connectivity index (χ3v) is 14.6. The Labute approximate surface area is 126 Å². The van der Waals surface area contributed by atoms with E-state index in [1.807, 2.05) is 0 Å². The van der Waals surface area contributed by atoms with Crippen LogP contribution >= 0.6 is 24.8 Å². The maximum Gasteiger partial charge on any atom is -0.147 e. The third-order valence-electron chi connectivity index (χ3n) is 2.98. The molecule has 0 aromatic rings. The number of hydrogen-bond acceptors (Lipinski definition) is 1. The van der Waals surface area contributed by atoms with Crippen LogP contribution in [0.5, 0.6) is 0 Å². The van der Waals surface area contributed by atoms with Crippen LogP contribution in [-0.4, -0.2) is 12.7 Å². The van der Waals surface area contributed by atoms with E-state index >= 15 is 0 Å². The number of hydrogen-bond donors (Lipinski definition) is 1. The van der Waals surface area contributed by atoms with E-state index < -0.39 is 24.0 Å². The quantitative estimate of drug-likeness (QED) is 0.752. The summed E-state index contributed by atoms with van der Waals surface area (Å²) in [4.78, 5) is 0. The van der Waals surface area contributed by atoms with Crippen LogP contribution in [0, 0.1) is 0 Å². The Morgan fingerprint density at radius 3 is 2.35 bits per heavy atom. The van der Waals surface area contributed by atoms with E-state index in [4.69, 9.17) is 0 Å². The van der Waals surface area contributed by atoms with E-state index in [0.717, 1.165) is 6.04 Å². The molecule has 1 nitrogen and oxygen atoms in total. The zero-order chi connectivity index (χ0) is 11.4. The van der Waals surface area contributed by atoms with Gasteiger partial charge in [0.25, 0.3) is 0 Å². The van der Waals surface area contributed by atoms with Gasteiger partial charge in [-0.15, -0.1) is 24.8 Å². The summed E-state index contributed by atoms with van der Waals surface area (Å²) in [5.74, 6) is 0. The first-order valence-electron chi connectivity index (χ1n) is 6.05. The van der Waals surface area contributed by atoms with Gasteiger partial charge < -0.3 is 0 Å². The molecular formula is C12H26Cl2NSiTi.